The third kappa shape index (κ3) is 2.41. The summed E-state index contributed by atoms with van der Waals surface area (Å²) in [5.74, 6) is -0.389. The number of carbonyl (C=O) groups excluding carboxylic acids is 1. The number of halogens is 1. The van der Waals surface area contributed by atoms with Gasteiger partial charge in [-0.2, -0.15) is 4.80 Å². The number of nitrogen functional groups attached to an aromatic ring is 1. The van der Waals surface area contributed by atoms with Gasteiger partial charge in [0.2, 0.25) is 0 Å². The van der Waals surface area contributed by atoms with E-state index >= 15 is 0 Å². The van der Waals surface area contributed by atoms with Crippen LogP contribution >= 0.6 is 11.6 Å². The standard InChI is InChI=1S/C14H11ClN4O2/c1-21-14(20)8-2-4-9(5-3-8)19-17-12-6-10(15)11(16)7-13(12)18-19/h2-7H,16H2,1H3. The minimum Gasteiger partial charge on any atom is -0.465 e. The molecule has 0 spiro atoms. The fraction of sp³-hybridized carbons (Fsp3) is 0.0714. The predicted octanol–water partition coefficient (Wildman–Crippen LogP) is 2.44. The van der Waals surface area contributed by atoms with Crippen LogP contribution in [0.15, 0.2) is 36.4 Å². The highest BCUT2D eigenvalue weighted by Gasteiger charge is 2.09. The van der Waals surface area contributed by atoms with Crippen molar-refractivity contribution >= 4 is 34.3 Å². The molecule has 7 heteroatoms. The van der Waals surface area contributed by atoms with Gasteiger partial charge in [-0.25, -0.2) is 4.79 Å². The van der Waals surface area contributed by atoms with Gasteiger partial charge in [0.15, 0.2) is 0 Å². The number of fused-ring (bicyclic) bond motifs is 1. The Morgan fingerprint density at radius 2 is 1.81 bits per heavy atom. The van der Waals surface area contributed by atoms with E-state index < -0.39 is 0 Å². The number of rotatable bonds is 2. The van der Waals surface area contributed by atoms with Gasteiger partial charge < -0.3 is 10.5 Å². The van der Waals surface area contributed by atoms with E-state index in [4.69, 9.17) is 17.3 Å². The second kappa shape index (κ2) is 5.06. The molecule has 0 aliphatic carbocycles. The summed E-state index contributed by atoms with van der Waals surface area (Å²) in [5.41, 5.74) is 8.67. The summed E-state index contributed by atoms with van der Waals surface area (Å²) in [5, 5.41) is 9.10. The largest absolute Gasteiger partial charge is 0.465 e. The normalized spacial score (nSPS) is 10.8. The van der Waals surface area contributed by atoms with Gasteiger partial charge in [0.25, 0.3) is 0 Å². The number of ether oxygens (including phenoxy) is 1. The van der Waals surface area contributed by atoms with E-state index in [0.29, 0.717) is 33.0 Å². The van der Waals surface area contributed by atoms with E-state index in [-0.39, 0.29) is 5.97 Å². The van der Waals surface area contributed by atoms with Crippen LogP contribution < -0.4 is 5.73 Å². The Labute approximate surface area is 125 Å². The fourth-order valence-electron chi connectivity index (χ4n) is 1.92. The van der Waals surface area contributed by atoms with Gasteiger partial charge in [-0.15, -0.1) is 10.2 Å². The van der Waals surface area contributed by atoms with Crippen molar-refractivity contribution < 1.29 is 9.53 Å². The molecule has 0 aliphatic rings. The lowest BCUT2D eigenvalue weighted by Crippen LogP contribution is -2.03. The average molecular weight is 303 g/mol. The average Bonchev–Trinajstić information content (AvgIpc) is 2.90. The van der Waals surface area contributed by atoms with Gasteiger partial charge in [0.1, 0.15) is 11.0 Å². The Hall–Kier alpha value is -2.60. The molecule has 0 saturated heterocycles. The summed E-state index contributed by atoms with van der Waals surface area (Å²) in [6.45, 7) is 0. The molecule has 0 unspecified atom stereocenters. The number of methoxy groups -OCH3 is 1. The van der Waals surface area contributed by atoms with Gasteiger partial charge in [-0.1, -0.05) is 11.6 Å². The second-order valence-electron chi connectivity index (χ2n) is 4.39. The smallest absolute Gasteiger partial charge is 0.337 e. The quantitative estimate of drug-likeness (QED) is 0.580. The van der Waals surface area contributed by atoms with Crippen LogP contribution in [0.2, 0.25) is 5.02 Å². The Morgan fingerprint density at radius 1 is 1.19 bits per heavy atom. The van der Waals surface area contributed by atoms with Gasteiger partial charge >= 0.3 is 5.97 Å². The van der Waals surface area contributed by atoms with Gasteiger partial charge in [-0.05, 0) is 36.4 Å². The van der Waals surface area contributed by atoms with Crippen molar-refractivity contribution in [3.63, 3.8) is 0 Å². The highest BCUT2D eigenvalue weighted by Crippen LogP contribution is 2.24. The van der Waals surface area contributed by atoms with E-state index in [9.17, 15) is 4.79 Å². The molecule has 0 bridgehead atoms. The number of anilines is 1. The zero-order valence-electron chi connectivity index (χ0n) is 11.1. The molecule has 3 rings (SSSR count). The van der Waals surface area contributed by atoms with Crippen LogP contribution in [0.5, 0.6) is 0 Å². The second-order valence-corrected chi connectivity index (χ2v) is 4.80. The highest BCUT2D eigenvalue weighted by molar-refractivity contribution is 6.33. The van der Waals surface area contributed by atoms with Crippen molar-refractivity contribution in [3.8, 4) is 5.69 Å². The Balaban J connectivity index is 2.02. The lowest BCUT2D eigenvalue weighted by Gasteiger charge is -2.01. The number of benzene rings is 2. The SMILES string of the molecule is COC(=O)c1ccc(-n2nc3cc(N)c(Cl)cc3n2)cc1. The minimum absolute atomic E-state index is 0.389. The summed E-state index contributed by atoms with van der Waals surface area (Å²) in [4.78, 5) is 12.8. The van der Waals surface area contributed by atoms with E-state index in [1.54, 1.807) is 36.4 Å². The van der Waals surface area contributed by atoms with Crippen LogP contribution in [0.1, 0.15) is 10.4 Å². The lowest BCUT2D eigenvalue weighted by atomic mass is 10.2. The molecule has 0 radical (unpaired) electrons. The molecule has 3 aromatic rings. The van der Waals surface area contributed by atoms with E-state index in [1.165, 1.54) is 11.9 Å². The molecular formula is C14H11ClN4O2. The van der Waals surface area contributed by atoms with Gasteiger partial charge in [0.05, 0.1) is 29.1 Å². The maximum atomic E-state index is 11.4. The first kappa shape index (κ1) is 13.4. The molecule has 106 valence electrons. The van der Waals surface area contributed by atoms with Gasteiger partial charge in [-0.3, -0.25) is 0 Å². The molecule has 2 aromatic carbocycles. The number of nitrogens with two attached hydrogens (primary N) is 1. The summed E-state index contributed by atoms with van der Waals surface area (Å²) < 4.78 is 4.65. The Bertz CT molecular complexity index is 788. The molecule has 1 aromatic heterocycles. The molecule has 0 atom stereocenters. The van der Waals surface area contributed by atoms with Crippen molar-refractivity contribution in [2.24, 2.45) is 0 Å². The predicted molar refractivity (Wildman–Crippen MR) is 79.6 cm³/mol. The summed E-state index contributed by atoms with van der Waals surface area (Å²) in [6.07, 6.45) is 0. The van der Waals surface area contributed by atoms with Crippen LogP contribution in [-0.4, -0.2) is 28.1 Å². The van der Waals surface area contributed by atoms with E-state index in [2.05, 4.69) is 14.9 Å². The maximum absolute atomic E-state index is 11.4. The third-order valence-electron chi connectivity index (χ3n) is 3.02. The Morgan fingerprint density at radius 3 is 2.43 bits per heavy atom. The number of hydrogen-bond donors (Lipinski definition) is 1. The summed E-state index contributed by atoms with van der Waals surface area (Å²) >= 11 is 5.96. The zero-order valence-corrected chi connectivity index (χ0v) is 11.8. The van der Waals surface area contributed by atoms with E-state index in [1.807, 2.05) is 0 Å². The first-order chi connectivity index (χ1) is 10.1. The first-order valence-corrected chi connectivity index (χ1v) is 6.47. The van der Waals surface area contributed by atoms with Crippen molar-refractivity contribution in [2.75, 3.05) is 12.8 Å². The molecular weight excluding hydrogens is 292 g/mol. The van der Waals surface area contributed by atoms with Gasteiger partial charge in [0, 0.05) is 0 Å². The molecule has 6 nitrogen and oxygen atoms in total. The maximum Gasteiger partial charge on any atom is 0.337 e. The lowest BCUT2D eigenvalue weighted by molar-refractivity contribution is 0.0600. The van der Waals surface area contributed by atoms with Crippen molar-refractivity contribution in [2.45, 2.75) is 0 Å². The number of nitrogens with zero attached hydrogens (tertiary/aromatic N) is 3. The monoisotopic (exact) mass is 302 g/mol. The summed E-state index contributed by atoms with van der Waals surface area (Å²) in [7, 11) is 1.34. The third-order valence-corrected chi connectivity index (χ3v) is 3.35. The molecule has 1 heterocycles. The molecule has 0 amide bonds. The van der Waals surface area contributed by atoms with Crippen molar-refractivity contribution in [1.82, 2.24) is 15.0 Å². The van der Waals surface area contributed by atoms with Crippen LogP contribution in [0.4, 0.5) is 5.69 Å². The van der Waals surface area contributed by atoms with Crippen LogP contribution in [0.3, 0.4) is 0 Å². The minimum atomic E-state index is -0.389. The highest BCUT2D eigenvalue weighted by atomic mass is 35.5. The molecule has 0 saturated carbocycles. The van der Waals surface area contributed by atoms with E-state index in [0.717, 1.165) is 0 Å². The molecule has 2 N–H and O–H groups in total. The number of hydrogen-bond acceptors (Lipinski definition) is 5. The summed E-state index contributed by atoms with van der Waals surface area (Å²) in [6, 6.07) is 10.1. The van der Waals surface area contributed by atoms with Crippen molar-refractivity contribution in [1.29, 1.82) is 0 Å². The fourth-order valence-corrected chi connectivity index (χ4v) is 2.08. The molecule has 0 aliphatic heterocycles. The number of carbonyl (C=O) groups is 1. The number of esters is 1. The first-order valence-electron chi connectivity index (χ1n) is 6.09. The topological polar surface area (TPSA) is 83.0 Å². The zero-order chi connectivity index (χ0) is 15.0. The van der Waals surface area contributed by atoms with Crippen LogP contribution in [-0.2, 0) is 4.74 Å². The van der Waals surface area contributed by atoms with Crippen LogP contribution in [0, 0.1) is 0 Å². The van der Waals surface area contributed by atoms with Crippen molar-refractivity contribution in [3.05, 3.63) is 47.0 Å². The van der Waals surface area contributed by atoms with Crippen LogP contribution in [0.25, 0.3) is 16.7 Å². The molecule has 0 fully saturated rings. The molecule has 21 heavy (non-hydrogen) atoms. The number of aromatic nitrogens is 3. The Kier molecular flexibility index (Phi) is 3.23.